The quantitative estimate of drug-likeness (QED) is 0.566. The first-order chi connectivity index (χ1) is 13.2. The Kier molecular flexibility index (Phi) is 5.38. The Hall–Kier alpha value is -2.92. The van der Waals surface area contributed by atoms with E-state index in [2.05, 4.69) is 19.2 Å². The fourth-order valence-electron chi connectivity index (χ4n) is 2.89. The summed E-state index contributed by atoms with van der Waals surface area (Å²) in [5.41, 5.74) is 0.824. The second-order valence-corrected chi connectivity index (χ2v) is 7.05. The highest BCUT2D eigenvalue weighted by atomic mass is 32.3. The molecule has 0 saturated heterocycles. The molecular weight excluding hydrogens is 388 g/mol. The van der Waals surface area contributed by atoms with Crippen LogP contribution in [0.2, 0.25) is 0 Å². The van der Waals surface area contributed by atoms with Crippen molar-refractivity contribution in [2.75, 3.05) is 6.61 Å². The number of benzene rings is 1. The minimum atomic E-state index is -4.70. The van der Waals surface area contributed by atoms with Gasteiger partial charge in [-0.05, 0) is 38.5 Å². The molecule has 2 aromatic heterocycles. The molecule has 3 aromatic rings. The van der Waals surface area contributed by atoms with Crippen molar-refractivity contribution >= 4 is 15.9 Å². The number of aromatic amines is 1. The topological polar surface area (TPSA) is 136 Å². The Morgan fingerprint density at radius 2 is 2.04 bits per heavy atom. The van der Waals surface area contributed by atoms with Crippen LogP contribution in [0.4, 0.5) is 0 Å². The number of fused-ring (bicyclic) bond motifs is 1. The van der Waals surface area contributed by atoms with Crippen molar-refractivity contribution in [3.63, 3.8) is 0 Å². The molecule has 0 aliphatic rings. The number of aryl methyl sites for hydroxylation is 2. The first-order valence-electron chi connectivity index (χ1n) is 8.66. The molecule has 0 atom stereocenters. The predicted molar refractivity (Wildman–Crippen MR) is 101 cm³/mol. The fourth-order valence-corrected chi connectivity index (χ4v) is 3.24. The first kappa shape index (κ1) is 19.8. The summed E-state index contributed by atoms with van der Waals surface area (Å²) in [6.07, 6.45) is 1.46. The molecule has 1 aromatic carbocycles. The molecule has 0 unspecified atom stereocenters. The van der Waals surface area contributed by atoms with Gasteiger partial charge in [-0.25, -0.2) is 9.50 Å². The summed E-state index contributed by atoms with van der Waals surface area (Å²) in [7, 11) is -4.70. The zero-order chi connectivity index (χ0) is 20.5. The lowest BCUT2D eigenvalue weighted by Crippen LogP contribution is -2.16. The van der Waals surface area contributed by atoms with Crippen LogP contribution in [0, 0.1) is 6.92 Å². The molecular formula is C17H20N4O6S. The van der Waals surface area contributed by atoms with Crippen molar-refractivity contribution < 1.29 is 21.9 Å². The molecule has 0 aliphatic heterocycles. The highest BCUT2D eigenvalue weighted by Gasteiger charge is 2.18. The average Bonchev–Trinajstić information content (AvgIpc) is 2.92. The second kappa shape index (κ2) is 7.60. The van der Waals surface area contributed by atoms with Crippen molar-refractivity contribution in [1.29, 1.82) is 0 Å². The predicted octanol–water partition coefficient (Wildman–Crippen LogP) is 1.93. The van der Waals surface area contributed by atoms with E-state index in [1.54, 1.807) is 13.8 Å². The Balaban J connectivity index is 2.23. The maximum Gasteiger partial charge on any atom is 0.446 e. The summed E-state index contributed by atoms with van der Waals surface area (Å²) in [6.45, 7) is 5.85. The molecule has 0 amide bonds. The van der Waals surface area contributed by atoms with Gasteiger partial charge in [-0.3, -0.25) is 9.35 Å². The average molecular weight is 408 g/mol. The van der Waals surface area contributed by atoms with Crippen LogP contribution in [0.15, 0.2) is 23.0 Å². The number of ether oxygens (including phenoxy) is 1. The molecule has 0 radical (unpaired) electrons. The number of H-pyrrole nitrogens is 1. The van der Waals surface area contributed by atoms with Crippen LogP contribution in [0.1, 0.15) is 31.8 Å². The summed E-state index contributed by atoms with van der Waals surface area (Å²) >= 11 is 0. The Labute approximate surface area is 161 Å². The van der Waals surface area contributed by atoms with E-state index in [0.29, 0.717) is 41.4 Å². The molecule has 2 N–H and O–H groups in total. The van der Waals surface area contributed by atoms with Crippen molar-refractivity contribution in [1.82, 2.24) is 19.6 Å². The Morgan fingerprint density at radius 1 is 1.29 bits per heavy atom. The Bertz CT molecular complexity index is 1180. The van der Waals surface area contributed by atoms with E-state index in [1.165, 1.54) is 22.7 Å². The standard InChI is InChI=1S/C17H20N4O6S/c1-4-6-14-18-10(3)15-17(22)19-16(20-21(14)15)12-9-11(27-28(23,24)25)7-8-13(12)26-5-2/h7-9H,4-6H2,1-3H3,(H,19,20,22)(H,23,24,25). The number of rotatable bonds is 7. The highest BCUT2D eigenvalue weighted by molar-refractivity contribution is 7.81. The molecule has 2 heterocycles. The van der Waals surface area contributed by atoms with Gasteiger partial charge in [-0.15, -0.1) is 5.10 Å². The minimum Gasteiger partial charge on any atom is -0.493 e. The van der Waals surface area contributed by atoms with E-state index in [0.717, 1.165) is 6.42 Å². The van der Waals surface area contributed by atoms with Crippen LogP contribution in [0.5, 0.6) is 11.5 Å². The second-order valence-electron chi connectivity index (χ2n) is 6.03. The zero-order valence-corrected chi connectivity index (χ0v) is 16.4. The van der Waals surface area contributed by atoms with Gasteiger partial charge >= 0.3 is 10.4 Å². The van der Waals surface area contributed by atoms with Gasteiger partial charge in [-0.2, -0.15) is 8.42 Å². The lowest BCUT2D eigenvalue weighted by molar-refractivity contribution is 0.340. The number of hydrogen-bond donors (Lipinski definition) is 2. The van der Waals surface area contributed by atoms with Crippen LogP contribution >= 0.6 is 0 Å². The third kappa shape index (κ3) is 3.99. The first-order valence-corrected chi connectivity index (χ1v) is 10.0. The fraction of sp³-hybridized carbons (Fsp3) is 0.353. The Morgan fingerprint density at radius 3 is 2.68 bits per heavy atom. The van der Waals surface area contributed by atoms with Crippen molar-refractivity contribution in [3.05, 3.63) is 40.1 Å². The maximum absolute atomic E-state index is 12.6. The smallest absolute Gasteiger partial charge is 0.446 e. The molecule has 0 aliphatic carbocycles. The SMILES string of the molecule is CCCc1nc(C)c2c(=O)[nH]c(-c3cc(OS(=O)(=O)O)ccc3OCC)nn12. The van der Waals surface area contributed by atoms with E-state index in [1.807, 2.05) is 6.92 Å². The lowest BCUT2D eigenvalue weighted by atomic mass is 10.1. The summed E-state index contributed by atoms with van der Waals surface area (Å²) in [6, 6.07) is 4.10. The van der Waals surface area contributed by atoms with E-state index >= 15 is 0 Å². The number of nitrogens with zero attached hydrogens (tertiary/aromatic N) is 3. The van der Waals surface area contributed by atoms with Crippen molar-refractivity contribution in [2.24, 2.45) is 0 Å². The van der Waals surface area contributed by atoms with Gasteiger partial charge in [0.25, 0.3) is 5.56 Å². The molecule has 11 heteroatoms. The van der Waals surface area contributed by atoms with Crippen LogP contribution in [-0.4, -0.2) is 39.2 Å². The van der Waals surface area contributed by atoms with Gasteiger partial charge in [0.1, 0.15) is 17.3 Å². The van der Waals surface area contributed by atoms with Crippen LogP contribution < -0.4 is 14.5 Å². The molecule has 3 rings (SSSR count). The number of nitrogens with one attached hydrogen (secondary N) is 1. The summed E-state index contributed by atoms with van der Waals surface area (Å²) in [5, 5.41) is 4.48. The monoisotopic (exact) mass is 408 g/mol. The van der Waals surface area contributed by atoms with E-state index < -0.39 is 10.4 Å². The third-order valence-electron chi connectivity index (χ3n) is 3.92. The molecule has 0 bridgehead atoms. The van der Waals surface area contributed by atoms with E-state index in [9.17, 15) is 13.2 Å². The van der Waals surface area contributed by atoms with Gasteiger partial charge in [0.15, 0.2) is 11.3 Å². The minimum absolute atomic E-state index is 0.150. The van der Waals surface area contributed by atoms with Crippen molar-refractivity contribution in [3.8, 4) is 22.9 Å². The highest BCUT2D eigenvalue weighted by Crippen LogP contribution is 2.32. The molecule has 0 spiro atoms. The lowest BCUT2D eigenvalue weighted by Gasteiger charge is -2.12. The largest absolute Gasteiger partial charge is 0.493 e. The maximum atomic E-state index is 12.6. The van der Waals surface area contributed by atoms with Gasteiger partial charge < -0.3 is 13.9 Å². The molecule has 28 heavy (non-hydrogen) atoms. The van der Waals surface area contributed by atoms with Gasteiger partial charge in [0.2, 0.25) is 0 Å². The van der Waals surface area contributed by atoms with Gasteiger partial charge in [-0.1, -0.05) is 6.92 Å². The van der Waals surface area contributed by atoms with E-state index in [4.69, 9.17) is 9.29 Å². The third-order valence-corrected chi connectivity index (χ3v) is 4.33. The van der Waals surface area contributed by atoms with E-state index in [-0.39, 0.29) is 17.1 Å². The molecule has 150 valence electrons. The summed E-state index contributed by atoms with van der Waals surface area (Å²) in [4.78, 5) is 19.7. The summed E-state index contributed by atoms with van der Waals surface area (Å²) in [5.74, 6) is 1.00. The normalized spacial score (nSPS) is 11.7. The molecule has 0 saturated carbocycles. The number of hydrogen-bond acceptors (Lipinski definition) is 7. The van der Waals surface area contributed by atoms with Crippen LogP contribution in [0.25, 0.3) is 16.9 Å². The zero-order valence-electron chi connectivity index (χ0n) is 15.6. The van der Waals surface area contributed by atoms with Crippen LogP contribution in [-0.2, 0) is 16.8 Å². The van der Waals surface area contributed by atoms with Gasteiger partial charge in [0, 0.05) is 6.42 Å². The van der Waals surface area contributed by atoms with Crippen LogP contribution in [0.3, 0.4) is 0 Å². The summed E-state index contributed by atoms with van der Waals surface area (Å²) < 4.78 is 42.5. The molecule has 10 nitrogen and oxygen atoms in total. The number of aromatic nitrogens is 4. The number of imidazole rings is 1. The van der Waals surface area contributed by atoms with Gasteiger partial charge in [0.05, 0.1) is 17.9 Å². The van der Waals surface area contributed by atoms with Crippen molar-refractivity contribution in [2.45, 2.75) is 33.6 Å². The molecule has 0 fully saturated rings.